The van der Waals surface area contributed by atoms with E-state index < -0.39 is 0 Å². The van der Waals surface area contributed by atoms with E-state index >= 15 is 0 Å². The van der Waals surface area contributed by atoms with Gasteiger partial charge in [-0.2, -0.15) is 5.10 Å². The van der Waals surface area contributed by atoms with E-state index in [4.69, 9.17) is 21.7 Å². The molecule has 2 N–H and O–H groups in total. The highest BCUT2D eigenvalue weighted by Gasteiger charge is 2.04. The molecule has 0 unspecified atom stereocenters. The van der Waals surface area contributed by atoms with Crippen LogP contribution in [0, 0.1) is 0 Å². The van der Waals surface area contributed by atoms with Crippen LogP contribution in [0.3, 0.4) is 0 Å². The minimum atomic E-state index is 0.489. The minimum absolute atomic E-state index is 0.489. The number of nitrogens with zero attached hydrogens (tertiary/aromatic N) is 1. The highest BCUT2D eigenvalue weighted by Crippen LogP contribution is 2.22. The standard InChI is InChI=1S/C18H23N3O2S/c1-4-17(20-21-18(24)19-9-10-22-2)15-6-5-14-12-16(23-3)8-7-13(14)11-15/h5-8,11-12H,4,9-10H2,1-3H3,(H2,19,21,24)/b20-17-. The van der Waals surface area contributed by atoms with E-state index in [2.05, 4.69) is 47.0 Å². The Labute approximate surface area is 148 Å². The molecule has 0 heterocycles. The molecule has 0 fully saturated rings. The number of methoxy groups -OCH3 is 2. The second kappa shape index (κ2) is 9.20. The molecule has 0 saturated carbocycles. The lowest BCUT2D eigenvalue weighted by molar-refractivity contribution is 0.204. The summed E-state index contributed by atoms with van der Waals surface area (Å²) in [4.78, 5) is 0. The molecule has 0 amide bonds. The van der Waals surface area contributed by atoms with Crippen molar-refractivity contribution in [2.24, 2.45) is 5.10 Å². The summed E-state index contributed by atoms with van der Waals surface area (Å²) >= 11 is 5.19. The average Bonchev–Trinajstić information content (AvgIpc) is 2.62. The Bertz CT molecular complexity index is 731. The molecule has 5 nitrogen and oxygen atoms in total. The lowest BCUT2D eigenvalue weighted by Crippen LogP contribution is -2.34. The molecule has 0 spiro atoms. The number of nitrogens with one attached hydrogen (secondary N) is 2. The maximum absolute atomic E-state index is 5.26. The van der Waals surface area contributed by atoms with E-state index in [0.29, 0.717) is 18.3 Å². The van der Waals surface area contributed by atoms with Crippen LogP contribution in [0.15, 0.2) is 41.5 Å². The summed E-state index contributed by atoms with van der Waals surface area (Å²) < 4.78 is 10.2. The normalized spacial score (nSPS) is 11.4. The maximum Gasteiger partial charge on any atom is 0.187 e. The fourth-order valence-electron chi connectivity index (χ4n) is 2.30. The van der Waals surface area contributed by atoms with Crippen molar-refractivity contribution in [1.82, 2.24) is 10.7 Å². The molecule has 0 bridgehead atoms. The molecule has 0 aliphatic carbocycles. The van der Waals surface area contributed by atoms with Gasteiger partial charge in [0.1, 0.15) is 5.75 Å². The largest absolute Gasteiger partial charge is 0.497 e. The Morgan fingerprint density at radius 1 is 1.12 bits per heavy atom. The van der Waals surface area contributed by atoms with Gasteiger partial charge in [-0.3, -0.25) is 5.43 Å². The third kappa shape index (κ3) is 4.91. The predicted molar refractivity (Wildman–Crippen MR) is 103 cm³/mol. The van der Waals surface area contributed by atoms with Gasteiger partial charge in [0.25, 0.3) is 0 Å². The first-order valence-electron chi connectivity index (χ1n) is 7.85. The molecule has 0 aliphatic rings. The highest BCUT2D eigenvalue weighted by atomic mass is 32.1. The zero-order chi connectivity index (χ0) is 17.4. The quantitative estimate of drug-likeness (QED) is 0.350. The van der Waals surface area contributed by atoms with Crippen molar-refractivity contribution in [3.63, 3.8) is 0 Å². The molecular weight excluding hydrogens is 322 g/mol. The van der Waals surface area contributed by atoms with Gasteiger partial charge in [-0.25, -0.2) is 0 Å². The first-order valence-corrected chi connectivity index (χ1v) is 8.26. The summed E-state index contributed by atoms with van der Waals surface area (Å²) in [5, 5.41) is 10.2. The Hall–Kier alpha value is -2.18. The summed E-state index contributed by atoms with van der Waals surface area (Å²) in [5.41, 5.74) is 4.91. The van der Waals surface area contributed by atoms with E-state index in [1.54, 1.807) is 14.2 Å². The monoisotopic (exact) mass is 345 g/mol. The topological polar surface area (TPSA) is 54.9 Å². The summed E-state index contributed by atoms with van der Waals surface area (Å²) in [6, 6.07) is 12.3. The van der Waals surface area contributed by atoms with Gasteiger partial charge in [-0.05, 0) is 53.2 Å². The minimum Gasteiger partial charge on any atom is -0.497 e. The molecule has 0 radical (unpaired) electrons. The molecule has 2 aromatic rings. The molecule has 2 rings (SSSR count). The lowest BCUT2D eigenvalue weighted by atomic mass is 10.0. The van der Waals surface area contributed by atoms with Crippen LogP contribution in [0.25, 0.3) is 10.8 Å². The summed E-state index contributed by atoms with van der Waals surface area (Å²) in [5.74, 6) is 0.855. The maximum atomic E-state index is 5.26. The van der Waals surface area contributed by atoms with Crippen molar-refractivity contribution in [3.05, 3.63) is 42.0 Å². The molecule has 0 atom stereocenters. The van der Waals surface area contributed by atoms with E-state index in [0.717, 1.165) is 34.2 Å². The molecule has 0 saturated heterocycles. The fraction of sp³-hybridized carbons (Fsp3) is 0.333. The summed E-state index contributed by atoms with van der Waals surface area (Å²) in [6.45, 7) is 3.32. The van der Waals surface area contributed by atoms with E-state index in [-0.39, 0.29) is 0 Å². The number of benzene rings is 2. The highest BCUT2D eigenvalue weighted by molar-refractivity contribution is 7.80. The van der Waals surface area contributed by atoms with Crippen LogP contribution < -0.4 is 15.5 Å². The first-order chi connectivity index (χ1) is 11.7. The van der Waals surface area contributed by atoms with Crippen LogP contribution in [-0.2, 0) is 4.74 Å². The number of hydrazone groups is 1. The van der Waals surface area contributed by atoms with E-state index in [1.807, 2.05) is 12.1 Å². The molecule has 6 heteroatoms. The van der Waals surface area contributed by atoms with Gasteiger partial charge in [0.15, 0.2) is 5.11 Å². The third-order valence-electron chi connectivity index (χ3n) is 3.60. The van der Waals surface area contributed by atoms with Crippen LogP contribution >= 0.6 is 12.2 Å². The van der Waals surface area contributed by atoms with Gasteiger partial charge < -0.3 is 14.8 Å². The van der Waals surface area contributed by atoms with Crippen LogP contribution in [0.1, 0.15) is 18.9 Å². The van der Waals surface area contributed by atoms with Gasteiger partial charge in [0.05, 0.1) is 19.4 Å². The zero-order valence-electron chi connectivity index (χ0n) is 14.3. The number of hydrogen-bond donors (Lipinski definition) is 2. The number of rotatable bonds is 7. The predicted octanol–water partition coefficient (Wildman–Crippen LogP) is 3.07. The Morgan fingerprint density at radius 2 is 1.88 bits per heavy atom. The SMILES string of the molecule is CC/C(=N/NC(=S)NCCOC)c1ccc2cc(OC)ccc2c1. The van der Waals surface area contributed by atoms with Crippen LogP contribution in [0.5, 0.6) is 5.75 Å². The molecule has 24 heavy (non-hydrogen) atoms. The van der Waals surface area contributed by atoms with Crippen molar-refractivity contribution >= 4 is 33.8 Å². The lowest BCUT2D eigenvalue weighted by Gasteiger charge is -2.10. The Kier molecular flexibility index (Phi) is 6.96. The van der Waals surface area contributed by atoms with Gasteiger partial charge in [-0.15, -0.1) is 0 Å². The van der Waals surface area contributed by atoms with Crippen LogP contribution in [-0.4, -0.2) is 38.2 Å². The average molecular weight is 345 g/mol. The Morgan fingerprint density at radius 3 is 2.58 bits per heavy atom. The molecule has 0 aliphatic heterocycles. The van der Waals surface area contributed by atoms with Crippen molar-refractivity contribution < 1.29 is 9.47 Å². The molecule has 128 valence electrons. The van der Waals surface area contributed by atoms with E-state index in [1.165, 1.54) is 0 Å². The van der Waals surface area contributed by atoms with Crippen molar-refractivity contribution in [2.75, 3.05) is 27.4 Å². The first kappa shape index (κ1) is 18.2. The number of fused-ring (bicyclic) bond motifs is 1. The molecular formula is C18H23N3O2S. The number of thiocarbonyl (C=S) groups is 1. The summed E-state index contributed by atoms with van der Waals surface area (Å²) in [6.07, 6.45) is 0.801. The van der Waals surface area contributed by atoms with Gasteiger partial charge >= 0.3 is 0 Å². The van der Waals surface area contributed by atoms with Crippen molar-refractivity contribution in [3.8, 4) is 5.75 Å². The number of hydrogen-bond acceptors (Lipinski definition) is 4. The van der Waals surface area contributed by atoms with Crippen molar-refractivity contribution in [1.29, 1.82) is 0 Å². The molecule has 2 aromatic carbocycles. The van der Waals surface area contributed by atoms with Gasteiger partial charge in [-0.1, -0.05) is 25.1 Å². The van der Waals surface area contributed by atoms with Crippen LogP contribution in [0.2, 0.25) is 0 Å². The summed E-state index contributed by atoms with van der Waals surface area (Å²) in [7, 11) is 3.33. The van der Waals surface area contributed by atoms with Gasteiger partial charge in [0.2, 0.25) is 0 Å². The zero-order valence-corrected chi connectivity index (χ0v) is 15.1. The van der Waals surface area contributed by atoms with Gasteiger partial charge in [0, 0.05) is 13.7 Å². The van der Waals surface area contributed by atoms with E-state index in [9.17, 15) is 0 Å². The second-order valence-corrected chi connectivity index (χ2v) is 5.61. The van der Waals surface area contributed by atoms with Crippen LogP contribution in [0.4, 0.5) is 0 Å². The second-order valence-electron chi connectivity index (χ2n) is 5.20. The Balaban J connectivity index is 2.13. The smallest absolute Gasteiger partial charge is 0.187 e. The van der Waals surface area contributed by atoms with Crippen molar-refractivity contribution in [2.45, 2.75) is 13.3 Å². The fourth-order valence-corrected chi connectivity index (χ4v) is 2.45. The third-order valence-corrected chi connectivity index (χ3v) is 3.84. The molecule has 0 aromatic heterocycles. The number of ether oxygens (including phenoxy) is 2.